The monoisotopic (exact) mass is 536 g/mol. The van der Waals surface area contributed by atoms with Crippen molar-refractivity contribution in [1.82, 2.24) is 25.1 Å². The third-order valence-electron chi connectivity index (χ3n) is 6.16. The summed E-state index contributed by atoms with van der Waals surface area (Å²) in [5, 5.41) is 3.63. The van der Waals surface area contributed by atoms with Crippen LogP contribution >= 0.6 is 23.4 Å². The molecule has 1 N–H and O–H groups in total. The summed E-state index contributed by atoms with van der Waals surface area (Å²) in [6, 6.07) is 7.53. The second kappa shape index (κ2) is 12.7. The van der Waals surface area contributed by atoms with Crippen molar-refractivity contribution in [1.29, 1.82) is 0 Å². The van der Waals surface area contributed by atoms with Crippen LogP contribution in [-0.4, -0.2) is 102 Å². The number of hydrogen-bond acceptors (Lipinski definition) is 8. The van der Waals surface area contributed by atoms with Crippen LogP contribution in [0.15, 0.2) is 35.5 Å². The van der Waals surface area contributed by atoms with E-state index < -0.39 is 5.82 Å². The van der Waals surface area contributed by atoms with Crippen molar-refractivity contribution < 1.29 is 18.7 Å². The van der Waals surface area contributed by atoms with Gasteiger partial charge >= 0.3 is 0 Å². The Bertz CT molecular complexity index is 1070. The van der Waals surface area contributed by atoms with Crippen LogP contribution in [-0.2, 0) is 9.53 Å². The van der Waals surface area contributed by atoms with Crippen LogP contribution < -0.4 is 10.2 Å². The number of ether oxygens (including phenoxy) is 1. The van der Waals surface area contributed by atoms with Crippen molar-refractivity contribution in [2.45, 2.75) is 18.1 Å². The number of piperazine rings is 1. The summed E-state index contributed by atoms with van der Waals surface area (Å²) in [5.74, 6) is -0.116. The zero-order chi connectivity index (χ0) is 25.5. The van der Waals surface area contributed by atoms with Gasteiger partial charge in [0.25, 0.3) is 5.91 Å². The third-order valence-corrected chi connectivity index (χ3v) is 7.20. The molecule has 0 bridgehead atoms. The lowest BCUT2D eigenvalue weighted by Crippen LogP contribution is -2.54. The fourth-order valence-electron chi connectivity index (χ4n) is 4.23. The van der Waals surface area contributed by atoms with Crippen molar-refractivity contribution in [2.24, 2.45) is 0 Å². The van der Waals surface area contributed by atoms with Crippen LogP contribution in [0.3, 0.4) is 0 Å². The Labute approximate surface area is 219 Å². The zero-order valence-corrected chi connectivity index (χ0v) is 21.7. The summed E-state index contributed by atoms with van der Waals surface area (Å²) < 4.78 is 19.4. The molecule has 194 valence electrons. The predicted molar refractivity (Wildman–Crippen MR) is 137 cm³/mol. The second-order valence-electron chi connectivity index (χ2n) is 8.70. The first-order valence-corrected chi connectivity index (χ1v) is 13.3. The number of morpholine rings is 1. The van der Waals surface area contributed by atoms with Crippen molar-refractivity contribution >= 4 is 41.0 Å². The molecule has 9 nitrogen and oxygen atoms in total. The summed E-state index contributed by atoms with van der Waals surface area (Å²) in [6.45, 7) is 7.97. The molecule has 36 heavy (non-hydrogen) atoms. The molecular weight excluding hydrogens is 507 g/mol. The minimum absolute atomic E-state index is 0.0739. The number of nitrogens with one attached hydrogen (secondary N) is 1. The summed E-state index contributed by atoms with van der Waals surface area (Å²) >= 11 is 7.48. The molecule has 2 fully saturated rings. The molecule has 3 heterocycles. The zero-order valence-electron chi connectivity index (χ0n) is 20.2. The van der Waals surface area contributed by atoms with Crippen LogP contribution in [0, 0.1) is 5.82 Å². The Morgan fingerprint density at radius 3 is 2.72 bits per heavy atom. The number of halogens is 2. The lowest BCUT2D eigenvalue weighted by molar-refractivity contribution is -0.118. The van der Waals surface area contributed by atoms with Gasteiger partial charge in [-0.3, -0.25) is 14.5 Å². The number of amides is 2. The lowest BCUT2D eigenvalue weighted by Gasteiger charge is -2.40. The van der Waals surface area contributed by atoms with Crippen molar-refractivity contribution in [2.75, 3.05) is 69.7 Å². The van der Waals surface area contributed by atoms with Gasteiger partial charge in [-0.1, -0.05) is 35.5 Å². The van der Waals surface area contributed by atoms with Crippen molar-refractivity contribution in [3.63, 3.8) is 0 Å². The van der Waals surface area contributed by atoms with Crippen LogP contribution in [0.2, 0.25) is 5.15 Å². The normalized spacial score (nSPS) is 18.8. The lowest BCUT2D eigenvalue weighted by atomic mass is 10.1. The molecular formula is C24H30ClFN6O3S. The largest absolute Gasteiger partial charge is 0.379 e. The predicted octanol–water partition coefficient (Wildman–Crippen LogP) is 2.16. The fourth-order valence-corrected chi connectivity index (χ4v) is 5.14. The van der Waals surface area contributed by atoms with E-state index in [1.165, 1.54) is 23.9 Å². The van der Waals surface area contributed by atoms with Crippen LogP contribution in [0.5, 0.6) is 0 Å². The first-order valence-electron chi connectivity index (χ1n) is 12.0. The molecule has 4 rings (SSSR count). The van der Waals surface area contributed by atoms with Gasteiger partial charge in [0.15, 0.2) is 5.16 Å². The van der Waals surface area contributed by atoms with E-state index in [-0.39, 0.29) is 34.3 Å². The Hall–Kier alpha value is -2.47. The molecule has 1 aromatic carbocycles. The average molecular weight is 537 g/mol. The maximum absolute atomic E-state index is 14.1. The molecule has 0 spiro atoms. The SMILES string of the molecule is CC1CN(c2cc(Cl)nc(SCC(=O)NCCN3CCOCC3)n2)CCN1C(=O)c1ccccc1F. The average Bonchev–Trinajstić information content (AvgIpc) is 2.88. The van der Waals surface area contributed by atoms with E-state index in [2.05, 4.69) is 20.2 Å². The molecule has 2 aliphatic heterocycles. The molecule has 12 heteroatoms. The van der Waals surface area contributed by atoms with Gasteiger partial charge in [-0.15, -0.1) is 0 Å². The number of carbonyl (C=O) groups excluding carboxylic acids is 2. The van der Waals surface area contributed by atoms with Crippen LogP contribution in [0.25, 0.3) is 0 Å². The second-order valence-corrected chi connectivity index (χ2v) is 10.0. The first kappa shape index (κ1) is 26.6. The highest BCUT2D eigenvalue weighted by Crippen LogP contribution is 2.25. The molecule has 2 aromatic rings. The molecule has 2 amide bonds. The van der Waals surface area contributed by atoms with Gasteiger partial charge < -0.3 is 19.9 Å². The van der Waals surface area contributed by atoms with Crippen molar-refractivity contribution in [3.05, 3.63) is 46.9 Å². The summed E-state index contributed by atoms with van der Waals surface area (Å²) in [5.41, 5.74) is 0.0739. The van der Waals surface area contributed by atoms with Gasteiger partial charge in [0.05, 0.1) is 24.5 Å². The smallest absolute Gasteiger partial charge is 0.257 e. The van der Waals surface area contributed by atoms with E-state index in [4.69, 9.17) is 16.3 Å². The number of carbonyl (C=O) groups is 2. The highest BCUT2D eigenvalue weighted by atomic mass is 35.5. The van der Waals surface area contributed by atoms with E-state index >= 15 is 0 Å². The number of nitrogens with zero attached hydrogens (tertiary/aromatic N) is 5. The molecule has 0 aliphatic carbocycles. The fraction of sp³-hybridized carbons (Fsp3) is 0.500. The minimum Gasteiger partial charge on any atom is -0.379 e. The number of anilines is 1. The highest BCUT2D eigenvalue weighted by Gasteiger charge is 2.30. The van der Waals surface area contributed by atoms with Gasteiger partial charge in [-0.05, 0) is 19.1 Å². The number of thioether (sulfide) groups is 1. The van der Waals surface area contributed by atoms with E-state index in [0.29, 0.717) is 37.2 Å². The van der Waals surface area contributed by atoms with Gasteiger partial charge in [-0.25, -0.2) is 14.4 Å². The topological polar surface area (TPSA) is 90.9 Å². The molecule has 2 saturated heterocycles. The Morgan fingerprint density at radius 1 is 1.19 bits per heavy atom. The molecule has 1 aromatic heterocycles. The van der Waals surface area contributed by atoms with E-state index in [1.807, 2.05) is 11.8 Å². The van der Waals surface area contributed by atoms with E-state index in [9.17, 15) is 14.0 Å². The van der Waals surface area contributed by atoms with Gasteiger partial charge in [0, 0.05) is 57.9 Å². The minimum atomic E-state index is -0.522. The standard InChI is InChI=1S/C24H30ClFN6O3S/c1-17-15-31(8-9-32(17)23(34)18-4-2-3-5-19(18)26)21-14-20(25)28-24(29-21)36-16-22(33)27-6-7-30-10-12-35-13-11-30/h2-5,14,17H,6-13,15-16H2,1H3,(H,27,33). The number of rotatable bonds is 8. The van der Waals surface area contributed by atoms with Gasteiger partial charge in [0.2, 0.25) is 5.91 Å². The van der Waals surface area contributed by atoms with E-state index in [0.717, 1.165) is 32.8 Å². The number of aromatic nitrogens is 2. The van der Waals surface area contributed by atoms with Crippen molar-refractivity contribution in [3.8, 4) is 0 Å². The maximum Gasteiger partial charge on any atom is 0.257 e. The molecule has 0 radical (unpaired) electrons. The number of benzene rings is 1. The Balaban J connectivity index is 1.29. The van der Waals surface area contributed by atoms with Crippen LogP contribution in [0.1, 0.15) is 17.3 Å². The maximum atomic E-state index is 14.1. The Morgan fingerprint density at radius 2 is 1.97 bits per heavy atom. The summed E-state index contributed by atoms with van der Waals surface area (Å²) in [6.07, 6.45) is 0. The van der Waals surface area contributed by atoms with Crippen LogP contribution in [0.4, 0.5) is 10.2 Å². The summed E-state index contributed by atoms with van der Waals surface area (Å²) in [4.78, 5) is 39.9. The molecule has 0 saturated carbocycles. The quantitative estimate of drug-likeness (QED) is 0.312. The summed E-state index contributed by atoms with van der Waals surface area (Å²) in [7, 11) is 0. The first-order chi connectivity index (χ1) is 17.4. The molecule has 1 atom stereocenters. The third kappa shape index (κ3) is 7.06. The number of hydrogen-bond donors (Lipinski definition) is 1. The van der Waals surface area contributed by atoms with Gasteiger partial charge in [-0.2, -0.15) is 0 Å². The highest BCUT2D eigenvalue weighted by molar-refractivity contribution is 7.99. The molecule has 1 unspecified atom stereocenters. The van der Waals surface area contributed by atoms with Gasteiger partial charge in [0.1, 0.15) is 16.8 Å². The Kier molecular flexibility index (Phi) is 9.35. The van der Waals surface area contributed by atoms with E-state index in [1.54, 1.807) is 23.1 Å². The molecule has 2 aliphatic rings.